The highest BCUT2D eigenvalue weighted by Crippen LogP contribution is 2.26. The van der Waals surface area contributed by atoms with Crippen LogP contribution in [-0.4, -0.2) is 18.9 Å². The highest BCUT2D eigenvalue weighted by Gasteiger charge is 2.16. The lowest BCUT2D eigenvalue weighted by Crippen LogP contribution is -2.23. The van der Waals surface area contributed by atoms with Crippen molar-refractivity contribution in [1.29, 1.82) is 0 Å². The number of hydrogen-bond acceptors (Lipinski definition) is 3. The second kappa shape index (κ2) is 4.66. The lowest BCUT2D eigenvalue weighted by atomic mass is 9.95. The number of ether oxygens (including phenoxy) is 1. The topological polar surface area (TPSA) is 52.3 Å². The summed E-state index contributed by atoms with van der Waals surface area (Å²) in [4.78, 5) is 11.3. The van der Waals surface area contributed by atoms with Crippen molar-refractivity contribution in [2.24, 2.45) is 11.7 Å². The summed E-state index contributed by atoms with van der Waals surface area (Å²) in [5.74, 6) is 1.09. The number of benzene rings is 1. The van der Waals surface area contributed by atoms with E-state index in [4.69, 9.17) is 10.5 Å². The fourth-order valence-corrected chi connectivity index (χ4v) is 2.04. The van der Waals surface area contributed by atoms with Crippen LogP contribution in [0.5, 0.6) is 5.75 Å². The van der Waals surface area contributed by atoms with Gasteiger partial charge in [0.1, 0.15) is 11.5 Å². The average molecular weight is 219 g/mol. The van der Waals surface area contributed by atoms with Gasteiger partial charge < -0.3 is 10.5 Å². The number of rotatable bonds is 4. The molecule has 1 heterocycles. The minimum atomic E-state index is -0.0552. The van der Waals surface area contributed by atoms with Crippen LogP contribution in [0.4, 0.5) is 0 Å². The molecule has 0 aliphatic carbocycles. The molecule has 0 saturated heterocycles. The van der Waals surface area contributed by atoms with Crippen LogP contribution in [0.2, 0.25) is 0 Å². The molecular weight excluding hydrogens is 202 g/mol. The van der Waals surface area contributed by atoms with Gasteiger partial charge in [0, 0.05) is 18.9 Å². The van der Waals surface area contributed by atoms with Crippen LogP contribution in [0.1, 0.15) is 18.1 Å². The second-order valence-electron chi connectivity index (χ2n) is 4.29. The molecule has 1 aromatic carbocycles. The van der Waals surface area contributed by atoms with Gasteiger partial charge in [-0.05, 0) is 30.5 Å². The number of carbonyl (C=O) groups excluding carboxylic acids is 1. The van der Waals surface area contributed by atoms with E-state index in [-0.39, 0.29) is 11.7 Å². The first-order valence-electron chi connectivity index (χ1n) is 5.66. The predicted molar refractivity (Wildman–Crippen MR) is 62.6 cm³/mol. The Bertz CT molecular complexity index is 401. The van der Waals surface area contributed by atoms with Gasteiger partial charge in [0.05, 0.1) is 6.61 Å². The van der Waals surface area contributed by atoms with Gasteiger partial charge in [0.2, 0.25) is 0 Å². The Morgan fingerprint density at radius 3 is 3.06 bits per heavy atom. The molecule has 1 aromatic rings. The standard InChI is InChI=1S/C13H17NO2/c1-9(15)12(8-14)7-10-2-3-13-11(6-10)4-5-16-13/h2-3,6,12H,4-5,7-8,14H2,1H3. The SMILES string of the molecule is CC(=O)C(CN)Cc1ccc2c(c1)CCO2. The van der Waals surface area contributed by atoms with E-state index < -0.39 is 0 Å². The van der Waals surface area contributed by atoms with Crippen molar-refractivity contribution in [2.45, 2.75) is 19.8 Å². The highest BCUT2D eigenvalue weighted by atomic mass is 16.5. The maximum atomic E-state index is 11.3. The van der Waals surface area contributed by atoms with Gasteiger partial charge >= 0.3 is 0 Å². The van der Waals surface area contributed by atoms with E-state index >= 15 is 0 Å². The summed E-state index contributed by atoms with van der Waals surface area (Å²) in [5, 5.41) is 0. The number of carbonyl (C=O) groups is 1. The predicted octanol–water partition coefficient (Wildman–Crippen LogP) is 1.33. The quantitative estimate of drug-likeness (QED) is 0.831. The number of fused-ring (bicyclic) bond motifs is 1. The maximum Gasteiger partial charge on any atom is 0.134 e. The zero-order valence-electron chi connectivity index (χ0n) is 9.53. The Kier molecular flexibility index (Phi) is 3.25. The summed E-state index contributed by atoms with van der Waals surface area (Å²) in [7, 11) is 0. The molecule has 86 valence electrons. The number of hydrogen-bond donors (Lipinski definition) is 1. The van der Waals surface area contributed by atoms with Crippen LogP contribution in [-0.2, 0) is 17.6 Å². The molecule has 2 rings (SSSR count). The van der Waals surface area contributed by atoms with Crippen LogP contribution in [0.25, 0.3) is 0 Å². The third-order valence-electron chi connectivity index (χ3n) is 3.10. The fourth-order valence-electron chi connectivity index (χ4n) is 2.04. The molecule has 2 N–H and O–H groups in total. The normalized spacial score (nSPS) is 15.4. The second-order valence-corrected chi connectivity index (χ2v) is 4.29. The molecule has 1 aliphatic rings. The zero-order valence-corrected chi connectivity index (χ0v) is 9.53. The monoisotopic (exact) mass is 219 g/mol. The summed E-state index contributed by atoms with van der Waals surface area (Å²) in [6.07, 6.45) is 1.70. The number of Topliss-reactive ketones (excluding diaryl/α,β-unsaturated/α-hetero) is 1. The summed E-state index contributed by atoms with van der Waals surface area (Å²) in [5.41, 5.74) is 8.01. The van der Waals surface area contributed by atoms with Gasteiger partial charge in [0.15, 0.2) is 0 Å². The van der Waals surface area contributed by atoms with Crippen molar-refractivity contribution in [3.63, 3.8) is 0 Å². The molecule has 0 spiro atoms. The minimum Gasteiger partial charge on any atom is -0.493 e. The molecule has 3 nitrogen and oxygen atoms in total. The molecule has 0 fully saturated rings. The lowest BCUT2D eigenvalue weighted by molar-refractivity contribution is -0.120. The molecule has 0 saturated carbocycles. The van der Waals surface area contributed by atoms with E-state index in [2.05, 4.69) is 6.07 Å². The Labute approximate surface area is 95.6 Å². The lowest BCUT2D eigenvalue weighted by Gasteiger charge is -2.11. The molecule has 0 aromatic heterocycles. The van der Waals surface area contributed by atoms with Crippen molar-refractivity contribution >= 4 is 5.78 Å². The summed E-state index contributed by atoms with van der Waals surface area (Å²) in [6.45, 7) is 2.79. The van der Waals surface area contributed by atoms with E-state index in [0.717, 1.165) is 25.2 Å². The van der Waals surface area contributed by atoms with E-state index in [1.165, 1.54) is 11.1 Å². The zero-order chi connectivity index (χ0) is 11.5. The molecular formula is C13H17NO2. The van der Waals surface area contributed by atoms with Gasteiger partial charge in [-0.3, -0.25) is 4.79 Å². The van der Waals surface area contributed by atoms with Gasteiger partial charge in [-0.15, -0.1) is 0 Å². The Balaban J connectivity index is 2.13. The van der Waals surface area contributed by atoms with E-state index in [1.54, 1.807) is 6.92 Å². The summed E-state index contributed by atoms with van der Waals surface area (Å²) in [6, 6.07) is 6.15. The van der Waals surface area contributed by atoms with Gasteiger partial charge in [-0.1, -0.05) is 12.1 Å². The third kappa shape index (κ3) is 2.25. The first-order valence-corrected chi connectivity index (χ1v) is 5.66. The van der Waals surface area contributed by atoms with Crippen molar-refractivity contribution in [3.8, 4) is 5.75 Å². The fraction of sp³-hybridized carbons (Fsp3) is 0.462. The van der Waals surface area contributed by atoms with Crippen LogP contribution < -0.4 is 10.5 Å². The summed E-state index contributed by atoms with van der Waals surface area (Å²) >= 11 is 0. The van der Waals surface area contributed by atoms with Crippen molar-refractivity contribution < 1.29 is 9.53 Å². The molecule has 0 radical (unpaired) electrons. The van der Waals surface area contributed by atoms with Crippen LogP contribution in [0.15, 0.2) is 18.2 Å². The van der Waals surface area contributed by atoms with Crippen LogP contribution >= 0.6 is 0 Å². The van der Waals surface area contributed by atoms with E-state index in [1.807, 2.05) is 12.1 Å². The molecule has 16 heavy (non-hydrogen) atoms. The molecule has 1 atom stereocenters. The molecule has 3 heteroatoms. The van der Waals surface area contributed by atoms with Gasteiger partial charge in [-0.25, -0.2) is 0 Å². The number of ketones is 1. The first kappa shape index (κ1) is 11.1. The van der Waals surface area contributed by atoms with Crippen molar-refractivity contribution in [3.05, 3.63) is 29.3 Å². The first-order chi connectivity index (χ1) is 7.70. The van der Waals surface area contributed by atoms with Gasteiger partial charge in [-0.2, -0.15) is 0 Å². The van der Waals surface area contributed by atoms with Crippen LogP contribution in [0.3, 0.4) is 0 Å². The largest absolute Gasteiger partial charge is 0.493 e. The Morgan fingerprint density at radius 2 is 2.38 bits per heavy atom. The van der Waals surface area contributed by atoms with Gasteiger partial charge in [0.25, 0.3) is 0 Å². The van der Waals surface area contributed by atoms with Crippen LogP contribution in [0, 0.1) is 5.92 Å². The Hall–Kier alpha value is -1.35. The molecule has 1 aliphatic heterocycles. The highest BCUT2D eigenvalue weighted by molar-refractivity contribution is 5.78. The third-order valence-corrected chi connectivity index (χ3v) is 3.10. The summed E-state index contributed by atoms with van der Waals surface area (Å²) < 4.78 is 5.44. The minimum absolute atomic E-state index is 0.0552. The van der Waals surface area contributed by atoms with E-state index in [9.17, 15) is 4.79 Å². The molecule has 1 unspecified atom stereocenters. The smallest absolute Gasteiger partial charge is 0.134 e. The number of nitrogens with two attached hydrogens (primary N) is 1. The average Bonchev–Trinajstić information content (AvgIpc) is 2.72. The van der Waals surface area contributed by atoms with Crippen molar-refractivity contribution in [2.75, 3.05) is 13.2 Å². The van der Waals surface area contributed by atoms with Crippen molar-refractivity contribution in [1.82, 2.24) is 0 Å². The molecule has 0 amide bonds. The van der Waals surface area contributed by atoms with E-state index in [0.29, 0.717) is 6.54 Å². The maximum absolute atomic E-state index is 11.3. The Morgan fingerprint density at radius 1 is 1.56 bits per heavy atom. The molecule has 0 bridgehead atoms.